The summed E-state index contributed by atoms with van der Waals surface area (Å²) < 4.78 is 19.2. The van der Waals surface area contributed by atoms with Crippen molar-refractivity contribution in [1.82, 2.24) is 4.90 Å². The highest BCUT2D eigenvalue weighted by molar-refractivity contribution is 5.94. The second kappa shape index (κ2) is 7.45. The van der Waals surface area contributed by atoms with Crippen molar-refractivity contribution in [3.05, 3.63) is 65.5 Å². The van der Waals surface area contributed by atoms with Crippen molar-refractivity contribution in [1.29, 1.82) is 0 Å². The lowest BCUT2D eigenvalue weighted by atomic mass is 10.1. The molecule has 1 amide bonds. The summed E-state index contributed by atoms with van der Waals surface area (Å²) in [5, 5.41) is 0. The van der Waals surface area contributed by atoms with Crippen LogP contribution in [-0.2, 0) is 11.3 Å². The van der Waals surface area contributed by atoms with E-state index in [2.05, 4.69) is 11.0 Å². The van der Waals surface area contributed by atoms with Crippen LogP contribution in [0.1, 0.15) is 15.9 Å². The van der Waals surface area contributed by atoms with E-state index in [1.165, 1.54) is 12.1 Å². The first-order valence-electron chi connectivity index (χ1n) is 8.07. The summed E-state index contributed by atoms with van der Waals surface area (Å²) in [6.45, 7) is 3.52. The summed E-state index contributed by atoms with van der Waals surface area (Å²) in [5.41, 5.74) is 2.25. The third-order valence-electron chi connectivity index (χ3n) is 4.20. The average Bonchev–Trinajstić information content (AvgIpc) is 2.63. The van der Waals surface area contributed by atoms with Gasteiger partial charge in [-0.1, -0.05) is 30.3 Å². The zero-order chi connectivity index (χ0) is 16.9. The molecule has 4 nitrogen and oxygen atoms in total. The fraction of sp³-hybridized carbons (Fsp3) is 0.316. The number of hydrogen-bond acceptors (Lipinski definition) is 3. The summed E-state index contributed by atoms with van der Waals surface area (Å²) in [5.74, 6) is -0.805. The van der Waals surface area contributed by atoms with E-state index in [0.29, 0.717) is 19.8 Å². The topological polar surface area (TPSA) is 32.8 Å². The maximum atomic E-state index is 13.8. The molecule has 0 aliphatic carbocycles. The maximum absolute atomic E-state index is 13.8. The lowest BCUT2D eigenvalue weighted by molar-refractivity contribution is 0.0780. The molecule has 0 atom stereocenters. The molecule has 0 saturated carbocycles. The molecule has 1 aliphatic rings. The van der Waals surface area contributed by atoms with E-state index in [9.17, 15) is 9.18 Å². The van der Waals surface area contributed by atoms with Gasteiger partial charge >= 0.3 is 0 Å². The Morgan fingerprint density at radius 2 is 1.79 bits per heavy atom. The smallest absolute Gasteiger partial charge is 0.256 e. The lowest BCUT2D eigenvalue weighted by Crippen LogP contribution is -2.37. The van der Waals surface area contributed by atoms with E-state index in [0.717, 1.165) is 24.3 Å². The normalized spacial score (nSPS) is 14.5. The fourth-order valence-electron chi connectivity index (χ4n) is 2.92. The van der Waals surface area contributed by atoms with Crippen molar-refractivity contribution in [2.75, 3.05) is 38.3 Å². The van der Waals surface area contributed by atoms with Gasteiger partial charge in [-0.15, -0.1) is 0 Å². The molecular weight excluding hydrogens is 307 g/mol. The molecular formula is C19H21FN2O2. The van der Waals surface area contributed by atoms with Gasteiger partial charge in [0.2, 0.25) is 0 Å². The quantitative estimate of drug-likeness (QED) is 0.865. The number of carbonyl (C=O) groups is 1. The van der Waals surface area contributed by atoms with E-state index in [-0.39, 0.29) is 11.5 Å². The molecule has 1 heterocycles. The Balaban J connectivity index is 1.78. The van der Waals surface area contributed by atoms with Crippen molar-refractivity contribution >= 4 is 11.6 Å². The Hall–Kier alpha value is -2.40. The van der Waals surface area contributed by atoms with Crippen LogP contribution < -0.4 is 4.90 Å². The second-order valence-corrected chi connectivity index (χ2v) is 5.87. The van der Waals surface area contributed by atoms with E-state index in [4.69, 9.17) is 4.74 Å². The third-order valence-corrected chi connectivity index (χ3v) is 4.20. The van der Waals surface area contributed by atoms with Gasteiger partial charge in [0, 0.05) is 32.4 Å². The van der Waals surface area contributed by atoms with Crippen LogP contribution in [0.2, 0.25) is 0 Å². The highest BCUT2D eigenvalue weighted by atomic mass is 19.1. The van der Waals surface area contributed by atoms with Crippen molar-refractivity contribution in [2.45, 2.75) is 6.54 Å². The van der Waals surface area contributed by atoms with Gasteiger partial charge in [0.05, 0.1) is 18.8 Å². The Morgan fingerprint density at radius 3 is 2.54 bits per heavy atom. The van der Waals surface area contributed by atoms with Crippen LogP contribution in [0.4, 0.5) is 10.1 Å². The third kappa shape index (κ3) is 3.57. The van der Waals surface area contributed by atoms with E-state index >= 15 is 0 Å². The van der Waals surface area contributed by atoms with Crippen LogP contribution in [0.5, 0.6) is 0 Å². The Bertz CT molecular complexity index is 714. The molecule has 0 unspecified atom stereocenters. The molecule has 0 N–H and O–H groups in total. The first kappa shape index (κ1) is 16.5. The van der Waals surface area contributed by atoms with Gasteiger partial charge in [-0.25, -0.2) is 4.39 Å². The second-order valence-electron chi connectivity index (χ2n) is 5.87. The summed E-state index contributed by atoms with van der Waals surface area (Å²) in [6.07, 6.45) is 0. The van der Waals surface area contributed by atoms with Crippen LogP contribution in [0.3, 0.4) is 0 Å². The summed E-state index contributed by atoms with van der Waals surface area (Å²) in [4.78, 5) is 16.3. The largest absolute Gasteiger partial charge is 0.378 e. The van der Waals surface area contributed by atoms with Gasteiger partial charge < -0.3 is 14.5 Å². The maximum Gasteiger partial charge on any atom is 0.256 e. The fourth-order valence-corrected chi connectivity index (χ4v) is 2.92. The first-order valence-corrected chi connectivity index (χ1v) is 8.07. The summed E-state index contributed by atoms with van der Waals surface area (Å²) in [7, 11) is 1.70. The molecule has 1 aliphatic heterocycles. The molecule has 2 aromatic rings. The molecule has 126 valence electrons. The Labute approximate surface area is 141 Å². The first-order chi connectivity index (χ1) is 11.7. The number of benzene rings is 2. The van der Waals surface area contributed by atoms with E-state index in [1.807, 2.05) is 18.2 Å². The van der Waals surface area contributed by atoms with Gasteiger partial charge in [0.25, 0.3) is 5.91 Å². The van der Waals surface area contributed by atoms with Crippen LogP contribution in [0.25, 0.3) is 0 Å². The van der Waals surface area contributed by atoms with Gasteiger partial charge in [-0.3, -0.25) is 4.79 Å². The zero-order valence-electron chi connectivity index (χ0n) is 13.7. The number of nitrogens with zero attached hydrogens (tertiary/aromatic N) is 2. The Morgan fingerprint density at radius 1 is 1.12 bits per heavy atom. The monoisotopic (exact) mass is 328 g/mol. The zero-order valence-corrected chi connectivity index (χ0v) is 13.7. The van der Waals surface area contributed by atoms with Crippen molar-refractivity contribution in [2.24, 2.45) is 0 Å². The van der Waals surface area contributed by atoms with Crippen molar-refractivity contribution in [3.8, 4) is 0 Å². The molecule has 5 heteroatoms. The minimum absolute atomic E-state index is 0.101. The van der Waals surface area contributed by atoms with Crippen LogP contribution in [0.15, 0.2) is 48.5 Å². The molecule has 0 aromatic heterocycles. The number of anilines is 1. The highest BCUT2D eigenvalue weighted by Gasteiger charge is 2.19. The highest BCUT2D eigenvalue weighted by Crippen LogP contribution is 2.23. The predicted octanol–water partition coefficient (Wildman–Crippen LogP) is 2.93. The van der Waals surface area contributed by atoms with Gasteiger partial charge in [0.1, 0.15) is 5.82 Å². The van der Waals surface area contributed by atoms with Gasteiger partial charge in [-0.05, 0) is 23.8 Å². The average molecular weight is 328 g/mol. The minimum Gasteiger partial charge on any atom is -0.378 e. The van der Waals surface area contributed by atoms with E-state index in [1.54, 1.807) is 24.1 Å². The molecule has 1 fully saturated rings. The van der Waals surface area contributed by atoms with Crippen molar-refractivity contribution in [3.63, 3.8) is 0 Å². The number of halogens is 1. The number of para-hydroxylation sites is 1. The number of carbonyl (C=O) groups excluding carboxylic acids is 1. The molecule has 2 aromatic carbocycles. The molecule has 0 bridgehead atoms. The number of ether oxygens (including phenoxy) is 1. The number of rotatable bonds is 4. The minimum atomic E-state index is -0.490. The lowest BCUT2D eigenvalue weighted by Gasteiger charge is -2.31. The molecule has 24 heavy (non-hydrogen) atoms. The molecule has 1 saturated heterocycles. The van der Waals surface area contributed by atoms with Crippen LogP contribution in [0, 0.1) is 5.82 Å². The van der Waals surface area contributed by atoms with Crippen molar-refractivity contribution < 1.29 is 13.9 Å². The molecule has 0 spiro atoms. The molecule has 3 rings (SSSR count). The van der Waals surface area contributed by atoms with E-state index < -0.39 is 5.82 Å². The molecule has 0 radical (unpaired) electrons. The summed E-state index contributed by atoms with van der Waals surface area (Å²) >= 11 is 0. The van der Waals surface area contributed by atoms with Crippen LogP contribution >= 0.6 is 0 Å². The number of morpholine rings is 1. The summed E-state index contributed by atoms with van der Waals surface area (Å²) in [6, 6.07) is 14.1. The number of amides is 1. The number of hydrogen-bond donors (Lipinski definition) is 0. The Kier molecular flexibility index (Phi) is 5.11. The SMILES string of the molecule is CN(Cc1ccccc1N1CCOCC1)C(=O)c1ccccc1F. The predicted molar refractivity (Wildman–Crippen MR) is 91.7 cm³/mol. The van der Waals surface area contributed by atoms with Gasteiger partial charge in [-0.2, -0.15) is 0 Å². The standard InChI is InChI=1S/C19H21FN2O2/c1-21(19(23)16-7-3-4-8-17(16)20)14-15-6-2-5-9-18(15)22-10-12-24-13-11-22/h2-9H,10-14H2,1H3. The van der Waals surface area contributed by atoms with Crippen LogP contribution in [-0.4, -0.2) is 44.2 Å². The van der Waals surface area contributed by atoms with Gasteiger partial charge in [0.15, 0.2) is 0 Å².